The van der Waals surface area contributed by atoms with Crippen molar-refractivity contribution in [2.75, 3.05) is 5.73 Å². The Labute approximate surface area is 125 Å². The number of halogens is 1. The molecule has 0 atom stereocenters. The average Bonchev–Trinajstić information content (AvgIpc) is 2.67. The smallest absolute Gasteiger partial charge is 0.141 e. The second-order valence-corrected chi connectivity index (χ2v) is 7.23. The van der Waals surface area contributed by atoms with E-state index in [0.717, 1.165) is 26.7 Å². The first kappa shape index (κ1) is 14.4. The molecule has 0 saturated heterocycles. The zero-order valence-corrected chi connectivity index (χ0v) is 13.9. The highest BCUT2D eigenvalue weighted by Gasteiger charge is 2.22. The number of anilines is 1. The van der Waals surface area contributed by atoms with Crippen molar-refractivity contribution < 1.29 is 0 Å². The van der Waals surface area contributed by atoms with Crippen molar-refractivity contribution in [1.29, 1.82) is 0 Å². The Bertz CT molecular complexity index is 601. The van der Waals surface area contributed by atoms with Crippen LogP contribution >= 0.6 is 27.3 Å². The van der Waals surface area contributed by atoms with E-state index in [4.69, 9.17) is 5.73 Å². The molecule has 0 aliphatic heterocycles. The summed E-state index contributed by atoms with van der Waals surface area (Å²) in [5.74, 6) is 1.21. The van der Waals surface area contributed by atoms with Crippen LogP contribution in [0.1, 0.15) is 43.0 Å². The molecule has 0 amide bonds. The molecule has 0 unspecified atom stereocenters. The van der Waals surface area contributed by atoms with Crippen LogP contribution in [0.2, 0.25) is 0 Å². The molecular weight excluding hydrogens is 324 g/mol. The van der Waals surface area contributed by atoms with Gasteiger partial charge in [-0.1, -0.05) is 20.8 Å². The van der Waals surface area contributed by atoms with Gasteiger partial charge >= 0.3 is 0 Å². The van der Waals surface area contributed by atoms with Gasteiger partial charge in [0.1, 0.15) is 16.6 Å². The number of nitrogen functional groups attached to an aromatic ring is 1. The molecule has 2 N–H and O–H groups in total. The summed E-state index contributed by atoms with van der Waals surface area (Å²) in [6.45, 7) is 8.31. The summed E-state index contributed by atoms with van der Waals surface area (Å²) in [6.07, 6.45) is 0.624. The van der Waals surface area contributed by atoms with Crippen LogP contribution < -0.4 is 5.73 Å². The lowest BCUT2D eigenvalue weighted by Crippen LogP contribution is -2.18. The quantitative estimate of drug-likeness (QED) is 0.908. The number of nitrogens with two attached hydrogens (primary N) is 1. The van der Waals surface area contributed by atoms with Crippen LogP contribution in [0.3, 0.4) is 0 Å². The number of hydrogen-bond acceptors (Lipinski definition) is 5. The van der Waals surface area contributed by atoms with E-state index in [2.05, 4.69) is 51.7 Å². The maximum absolute atomic E-state index is 5.96. The molecule has 2 aromatic rings. The zero-order valence-electron chi connectivity index (χ0n) is 11.5. The highest BCUT2D eigenvalue weighted by molar-refractivity contribution is 9.10. The average molecular weight is 341 g/mol. The summed E-state index contributed by atoms with van der Waals surface area (Å²) in [5, 5.41) is 3.04. The van der Waals surface area contributed by atoms with E-state index < -0.39 is 0 Å². The Morgan fingerprint density at radius 3 is 2.47 bits per heavy atom. The van der Waals surface area contributed by atoms with Gasteiger partial charge in [0.15, 0.2) is 0 Å². The summed E-state index contributed by atoms with van der Waals surface area (Å²) in [7, 11) is 0. The third-order valence-electron chi connectivity index (χ3n) is 2.61. The monoisotopic (exact) mass is 340 g/mol. The molecule has 0 aromatic carbocycles. The first-order valence-corrected chi connectivity index (χ1v) is 7.68. The maximum atomic E-state index is 5.96. The van der Waals surface area contributed by atoms with E-state index in [1.165, 1.54) is 0 Å². The highest BCUT2D eigenvalue weighted by Crippen LogP contribution is 2.31. The Morgan fingerprint density at radius 2 is 1.95 bits per heavy atom. The second-order valence-electron chi connectivity index (χ2n) is 5.50. The van der Waals surface area contributed by atoms with Gasteiger partial charge in [0.2, 0.25) is 0 Å². The molecule has 0 radical (unpaired) electrons. The molecule has 102 valence electrons. The number of thiazole rings is 1. The summed E-state index contributed by atoms with van der Waals surface area (Å²) >= 11 is 5.10. The van der Waals surface area contributed by atoms with Crippen LogP contribution in [0.15, 0.2) is 9.85 Å². The van der Waals surface area contributed by atoms with Gasteiger partial charge in [0, 0.05) is 16.5 Å². The molecular formula is C13H17BrN4S. The Kier molecular flexibility index (Phi) is 3.92. The number of aryl methyl sites for hydroxylation is 1. The number of nitrogens with zero attached hydrogens (tertiary/aromatic N) is 3. The van der Waals surface area contributed by atoms with Gasteiger partial charge in [-0.25, -0.2) is 15.0 Å². The lowest BCUT2D eigenvalue weighted by Gasteiger charge is -2.20. The molecule has 0 aliphatic carbocycles. The molecule has 0 fully saturated rings. The van der Waals surface area contributed by atoms with E-state index in [1.807, 2.05) is 12.3 Å². The Hall–Kier alpha value is -1.01. The van der Waals surface area contributed by atoms with Crippen molar-refractivity contribution in [3.05, 3.63) is 32.1 Å². The van der Waals surface area contributed by atoms with Crippen molar-refractivity contribution in [2.24, 2.45) is 0 Å². The van der Waals surface area contributed by atoms with Gasteiger partial charge in [-0.05, 0) is 22.9 Å². The fourth-order valence-electron chi connectivity index (χ4n) is 1.71. The van der Waals surface area contributed by atoms with Crippen molar-refractivity contribution in [3.8, 4) is 0 Å². The SMILES string of the molecule is Cc1csc(Cc2nc(N)c(Br)c(C(C)(C)C)n2)n1. The third-order valence-corrected chi connectivity index (χ3v) is 4.36. The van der Waals surface area contributed by atoms with Gasteiger partial charge in [-0.2, -0.15) is 0 Å². The van der Waals surface area contributed by atoms with Gasteiger partial charge in [0.05, 0.1) is 16.6 Å². The van der Waals surface area contributed by atoms with Crippen molar-refractivity contribution in [2.45, 2.75) is 39.5 Å². The van der Waals surface area contributed by atoms with Gasteiger partial charge in [-0.15, -0.1) is 11.3 Å². The van der Waals surface area contributed by atoms with Gasteiger partial charge < -0.3 is 5.73 Å². The minimum atomic E-state index is -0.0799. The van der Waals surface area contributed by atoms with Crippen LogP contribution in [0.25, 0.3) is 0 Å². The maximum Gasteiger partial charge on any atom is 0.141 e. The van der Waals surface area contributed by atoms with Gasteiger partial charge in [-0.3, -0.25) is 0 Å². The van der Waals surface area contributed by atoms with Crippen LogP contribution in [-0.2, 0) is 11.8 Å². The fourth-order valence-corrected chi connectivity index (χ4v) is 3.25. The second kappa shape index (κ2) is 5.17. The first-order chi connectivity index (χ1) is 8.77. The molecule has 2 aromatic heterocycles. The number of hydrogen-bond donors (Lipinski definition) is 1. The molecule has 0 saturated carbocycles. The summed E-state index contributed by atoms with van der Waals surface area (Å²) in [6, 6.07) is 0. The number of rotatable bonds is 2. The van der Waals surface area contributed by atoms with Crippen LogP contribution in [0, 0.1) is 6.92 Å². The standard InChI is InChI=1S/C13H17BrN4S/c1-7-6-19-9(16-7)5-8-17-11(13(2,3)4)10(14)12(15)18-8/h6H,5H2,1-4H3,(H2,15,17,18). The normalized spacial score (nSPS) is 11.8. The van der Waals surface area contributed by atoms with Crippen molar-refractivity contribution in [1.82, 2.24) is 15.0 Å². The fraction of sp³-hybridized carbons (Fsp3) is 0.462. The predicted molar refractivity (Wildman–Crippen MR) is 82.5 cm³/mol. The zero-order chi connectivity index (χ0) is 14.2. The molecule has 4 nitrogen and oxygen atoms in total. The molecule has 0 bridgehead atoms. The largest absolute Gasteiger partial charge is 0.383 e. The van der Waals surface area contributed by atoms with E-state index in [1.54, 1.807) is 11.3 Å². The van der Waals surface area contributed by atoms with Crippen LogP contribution in [-0.4, -0.2) is 15.0 Å². The van der Waals surface area contributed by atoms with E-state index in [9.17, 15) is 0 Å². The summed E-state index contributed by atoms with van der Waals surface area (Å²) in [4.78, 5) is 13.4. The van der Waals surface area contributed by atoms with E-state index >= 15 is 0 Å². The van der Waals surface area contributed by atoms with E-state index in [0.29, 0.717) is 12.2 Å². The van der Waals surface area contributed by atoms with Crippen LogP contribution in [0.4, 0.5) is 5.82 Å². The highest BCUT2D eigenvalue weighted by atomic mass is 79.9. The van der Waals surface area contributed by atoms with Crippen LogP contribution in [0.5, 0.6) is 0 Å². The van der Waals surface area contributed by atoms with Crippen molar-refractivity contribution in [3.63, 3.8) is 0 Å². The topological polar surface area (TPSA) is 64.7 Å². The number of aromatic nitrogens is 3. The molecule has 19 heavy (non-hydrogen) atoms. The third kappa shape index (κ3) is 3.30. The molecule has 0 aliphatic rings. The minimum absolute atomic E-state index is 0.0799. The lowest BCUT2D eigenvalue weighted by atomic mass is 9.92. The predicted octanol–water partition coefficient (Wildman–Crippen LogP) is 3.47. The Morgan fingerprint density at radius 1 is 1.26 bits per heavy atom. The summed E-state index contributed by atoms with van der Waals surface area (Å²) < 4.78 is 0.791. The van der Waals surface area contributed by atoms with Crippen molar-refractivity contribution >= 4 is 33.1 Å². The molecule has 2 heterocycles. The molecule has 6 heteroatoms. The van der Waals surface area contributed by atoms with E-state index in [-0.39, 0.29) is 5.41 Å². The summed E-state index contributed by atoms with van der Waals surface area (Å²) in [5.41, 5.74) is 7.84. The Balaban J connectivity index is 2.39. The minimum Gasteiger partial charge on any atom is -0.383 e. The lowest BCUT2D eigenvalue weighted by molar-refractivity contribution is 0.560. The van der Waals surface area contributed by atoms with Gasteiger partial charge in [0.25, 0.3) is 0 Å². The first-order valence-electron chi connectivity index (χ1n) is 6.00. The molecule has 0 spiro atoms. The molecule has 2 rings (SSSR count).